The van der Waals surface area contributed by atoms with Crippen molar-refractivity contribution >= 4 is 5.91 Å². The maximum atomic E-state index is 12.0. The quantitative estimate of drug-likeness (QED) is 0.762. The van der Waals surface area contributed by atoms with Gasteiger partial charge in [0.2, 0.25) is 5.91 Å². The van der Waals surface area contributed by atoms with Crippen LogP contribution in [-0.4, -0.2) is 45.2 Å². The molecule has 0 atom stereocenters. The Labute approximate surface area is 142 Å². The minimum absolute atomic E-state index is 0.00969. The number of hydrogen-bond acceptors (Lipinski definition) is 5. The van der Waals surface area contributed by atoms with E-state index in [0.717, 1.165) is 17.7 Å². The third-order valence-electron chi connectivity index (χ3n) is 3.60. The predicted octanol–water partition coefficient (Wildman–Crippen LogP) is 2.09. The molecule has 0 aliphatic rings. The lowest BCUT2D eigenvalue weighted by atomic mass is 10.1. The summed E-state index contributed by atoms with van der Waals surface area (Å²) in [5.41, 5.74) is 1.08. The molecular weight excluding hydrogens is 308 g/mol. The molecule has 6 heteroatoms. The average molecular weight is 332 g/mol. The molecule has 0 saturated carbocycles. The van der Waals surface area contributed by atoms with E-state index >= 15 is 0 Å². The number of likely N-dealkylation sites (N-methyl/N-ethyl adjacent to an activating group) is 1. The summed E-state index contributed by atoms with van der Waals surface area (Å²) in [6.45, 7) is 1.51. The highest BCUT2D eigenvalue weighted by Crippen LogP contribution is 2.27. The Morgan fingerprint density at radius 3 is 2.67 bits per heavy atom. The summed E-state index contributed by atoms with van der Waals surface area (Å²) >= 11 is 0. The number of carbonyl (C=O) groups excluding carboxylic acids is 1. The molecule has 0 unspecified atom stereocenters. The lowest BCUT2D eigenvalue weighted by molar-refractivity contribution is -0.122. The number of ether oxygens (including phenoxy) is 2. The molecule has 24 heavy (non-hydrogen) atoms. The summed E-state index contributed by atoms with van der Waals surface area (Å²) in [7, 11) is 5.10. The molecule has 0 spiro atoms. The van der Waals surface area contributed by atoms with Gasteiger partial charge in [-0.25, -0.2) is 0 Å². The van der Waals surface area contributed by atoms with Crippen LogP contribution in [0.15, 0.2) is 41.0 Å². The van der Waals surface area contributed by atoms with Crippen molar-refractivity contribution in [1.29, 1.82) is 0 Å². The van der Waals surface area contributed by atoms with Crippen LogP contribution in [0.1, 0.15) is 11.3 Å². The van der Waals surface area contributed by atoms with Gasteiger partial charge in [0.25, 0.3) is 0 Å². The second-order valence-electron chi connectivity index (χ2n) is 5.54. The van der Waals surface area contributed by atoms with Gasteiger partial charge in [-0.3, -0.25) is 9.69 Å². The molecule has 1 amide bonds. The fourth-order valence-electron chi connectivity index (χ4n) is 2.41. The van der Waals surface area contributed by atoms with Crippen molar-refractivity contribution in [1.82, 2.24) is 10.2 Å². The molecule has 1 aromatic carbocycles. The highest BCUT2D eigenvalue weighted by atomic mass is 16.5. The number of nitrogens with zero attached hydrogens (tertiary/aromatic N) is 1. The number of methoxy groups -OCH3 is 2. The van der Waals surface area contributed by atoms with Gasteiger partial charge in [0.15, 0.2) is 11.5 Å². The van der Waals surface area contributed by atoms with Crippen LogP contribution in [0.2, 0.25) is 0 Å². The molecule has 1 heterocycles. The van der Waals surface area contributed by atoms with E-state index in [4.69, 9.17) is 13.9 Å². The van der Waals surface area contributed by atoms with Gasteiger partial charge >= 0.3 is 0 Å². The standard InChI is InChI=1S/C18H24N2O4/c1-20(12-15-5-4-10-24-15)13-18(21)19-9-8-14-6-7-16(22-2)17(11-14)23-3/h4-7,10-11H,8-9,12-13H2,1-3H3,(H,19,21). The minimum Gasteiger partial charge on any atom is -0.493 e. The number of nitrogens with one attached hydrogen (secondary N) is 1. The van der Waals surface area contributed by atoms with E-state index in [1.54, 1.807) is 20.5 Å². The van der Waals surface area contributed by atoms with Crippen LogP contribution in [-0.2, 0) is 17.8 Å². The molecule has 2 rings (SSSR count). The van der Waals surface area contributed by atoms with Crippen molar-refractivity contribution in [2.45, 2.75) is 13.0 Å². The second-order valence-corrected chi connectivity index (χ2v) is 5.54. The summed E-state index contributed by atoms with van der Waals surface area (Å²) < 4.78 is 15.8. The number of furan rings is 1. The zero-order valence-electron chi connectivity index (χ0n) is 14.4. The summed E-state index contributed by atoms with van der Waals surface area (Å²) in [6, 6.07) is 9.50. The van der Waals surface area contributed by atoms with Crippen LogP contribution in [0.25, 0.3) is 0 Å². The minimum atomic E-state index is -0.00969. The monoisotopic (exact) mass is 332 g/mol. The average Bonchev–Trinajstić information content (AvgIpc) is 3.07. The summed E-state index contributed by atoms with van der Waals surface area (Å²) in [4.78, 5) is 13.9. The van der Waals surface area contributed by atoms with Crippen LogP contribution < -0.4 is 14.8 Å². The maximum Gasteiger partial charge on any atom is 0.234 e. The molecule has 130 valence electrons. The van der Waals surface area contributed by atoms with E-state index in [-0.39, 0.29) is 5.91 Å². The van der Waals surface area contributed by atoms with Gasteiger partial charge in [0.1, 0.15) is 5.76 Å². The zero-order chi connectivity index (χ0) is 17.4. The van der Waals surface area contributed by atoms with Crippen LogP contribution >= 0.6 is 0 Å². The smallest absolute Gasteiger partial charge is 0.234 e. The molecule has 0 aliphatic heterocycles. The van der Waals surface area contributed by atoms with Crippen molar-refractivity contribution in [3.8, 4) is 11.5 Å². The van der Waals surface area contributed by atoms with Gasteiger partial charge in [-0.15, -0.1) is 0 Å². The van der Waals surface area contributed by atoms with Crippen LogP contribution in [0, 0.1) is 0 Å². The second kappa shape index (κ2) is 8.98. The molecule has 2 aromatic rings. The first-order valence-electron chi connectivity index (χ1n) is 7.81. The first-order chi connectivity index (χ1) is 11.6. The van der Waals surface area contributed by atoms with E-state index in [1.165, 1.54) is 0 Å². The Kier molecular flexibility index (Phi) is 6.69. The van der Waals surface area contributed by atoms with E-state index in [9.17, 15) is 4.79 Å². The number of hydrogen-bond donors (Lipinski definition) is 1. The Bertz CT molecular complexity index is 640. The fourth-order valence-corrected chi connectivity index (χ4v) is 2.41. The summed E-state index contributed by atoms with van der Waals surface area (Å²) in [5, 5.41) is 2.92. The van der Waals surface area contributed by atoms with Crippen LogP contribution in [0.4, 0.5) is 0 Å². The number of benzene rings is 1. The van der Waals surface area contributed by atoms with E-state index in [1.807, 2.05) is 42.3 Å². The van der Waals surface area contributed by atoms with Crippen molar-refractivity contribution in [3.63, 3.8) is 0 Å². The number of amides is 1. The van der Waals surface area contributed by atoms with Gasteiger partial charge in [-0.1, -0.05) is 6.07 Å². The number of rotatable bonds is 9. The highest BCUT2D eigenvalue weighted by Gasteiger charge is 2.09. The van der Waals surface area contributed by atoms with Crippen molar-refractivity contribution < 1.29 is 18.7 Å². The van der Waals surface area contributed by atoms with Gasteiger partial charge in [-0.2, -0.15) is 0 Å². The van der Waals surface area contributed by atoms with E-state index in [2.05, 4.69) is 5.32 Å². The molecule has 0 bridgehead atoms. The molecule has 1 N–H and O–H groups in total. The molecule has 0 radical (unpaired) electrons. The zero-order valence-corrected chi connectivity index (χ0v) is 14.4. The van der Waals surface area contributed by atoms with Gasteiger partial charge in [0.05, 0.1) is 33.6 Å². The SMILES string of the molecule is COc1ccc(CCNC(=O)CN(C)Cc2ccco2)cc1OC. The van der Waals surface area contributed by atoms with Crippen molar-refractivity contribution in [2.75, 3.05) is 34.4 Å². The molecule has 0 aliphatic carbocycles. The van der Waals surface area contributed by atoms with E-state index in [0.29, 0.717) is 31.1 Å². The largest absolute Gasteiger partial charge is 0.493 e. The van der Waals surface area contributed by atoms with Crippen LogP contribution in [0.3, 0.4) is 0 Å². The Hall–Kier alpha value is -2.47. The third kappa shape index (κ3) is 5.31. The Morgan fingerprint density at radius 1 is 1.21 bits per heavy atom. The first kappa shape index (κ1) is 17.9. The fraction of sp³-hybridized carbons (Fsp3) is 0.389. The summed E-state index contributed by atoms with van der Waals surface area (Å²) in [5.74, 6) is 2.23. The number of carbonyl (C=O) groups is 1. The Balaban J connectivity index is 1.74. The van der Waals surface area contributed by atoms with Gasteiger partial charge in [-0.05, 0) is 43.3 Å². The molecule has 0 fully saturated rings. The normalized spacial score (nSPS) is 10.7. The van der Waals surface area contributed by atoms with Crippen LogP contribution in [0.5, 0.6) is 11.5 Å². The molecule has 1 aromatic heterocycles. The first-order valence-corrected chi connectivity index (χ1v) is 7.81. The molecular formula is C18H24N2O4. The van der Waals surface area contributed by atoms with E-state index < -0.39 is 0 Å². The van der Waals surface area contributed by atoms with Crippen molar-refractivity contribution in [3.05, 3.63) is 47.9 Å². The lowest BCUT2D eigenvalue weighted by Gasteiger charge is -2.15. The van der Waals surface area contributed by atoms with Gasteiger partial charge in [0, 0.05) is 6.54 Å². The lowest BCUT2D eigenvalue weighted by Crippen LogP contribution is -2.35. The van der Waals surface area contributed by atoms with Crippen molar-refractivity contribution in [2.24, 2.45) is 0 Å². The molecule has 0 saturated heterocycles. The highest BCUT2D eigenvalue weighted by molar-refractivity contribution is 5.77. The maximum absolute atomic E-state index is 12.0. The summed E-state index contributed by atoms with van der Waals surface area (Å²) in [6.07, 6.45) is 2.36. The third-order valence-corrected chi connectivity index (χ3v) is 3.60. The van der Waals surface area contributed by atoms with Gasteiger partial charge < -0.3 is 19.2 Å². The molecule has 6 nitrogen and oxygen atoms in total. The topological polar surface area (TPSA) is 63.9 Å². The Morgan fingerprint density at radius 2 is 2.00 bits per heavy atom. The predicted molar refractivity (Wildman–Crippen MR) is 91.3 cm³/mol.